The zero-order valence-corrected chi connectivity index (χ0v) is 13.6. The Hall–Kier alpha value is -2.45. The molecule has 1 aliphatic rings. The largest absolute Gasteiger partial charge is 0.480 e. The number of fused-ring (bicyclic) bond motifs is 1. The molecule has 0 spiro atoms. The lowest BCUT2D eigenvalue weighted by Crippen LogP contribution is -2.53. The number of carbonyl (C=O) groups is 2. The van der Waals surface area contributed by atoms with E-state index >= 15 is 0 Å². The fourth-order valence-electron chi connectivity index (χ4n) is 2.70. The molecular weight excluding hydrogens is 332 g/mol. The Balaban J connectivity index is 1.85. The number of piperazine rings is 1. The molecule has 1 aliphatic heterocycles. The molecule has 1 saturated heterocycles. The molecule has 0 aliphatic carbocycles. The number of carboxylic acids is 1. The van der Waals surface area contributed by atoms with Crippen molar-refractivity contribution >= 4 is 32.7 Å². The van der Waals surface area contributed by atoms with Crippen LogP contribution in [0.3, 0.4) is 0 Å². The fourth-order valence-corrected chi connectivity index (χ4v) is 4.12. The highest BCUT2D eigenvalue weighted by atomic mass is 32.2. The number of hydrogen-bond acceptors (Lipinski definition) is 4. The minimum atomic E-state index is -3.80. The Morgan fingerprint density at radius 3 is 2.46 bits per heavy atom. The average Bonchev–Trinajstić information content (AvgIpc) is 2.55. The van der Waals surface area contributed by atoms with Crippen molar-refractivity contribution in [1.82, 2.24) is 9.21 Å². The van der Waals surface area contributed by atoms with E-state index in [4.69, 9.17) is 5.11 Å². The van der Waals surface area contributed by atoms with Gasteiger partial charge in [0.2, 0.25) is 15.9 Å². The summed E-state index contributed by atoms with van der Waals surface area (Å²) in [6.07, 6.45) is 0. The van der Waals surface area contributed by atoms with Crippen LogP contribution in [0.4, 0.5) is 0 Å². The highest BCUT2D eigenvalue weighted by molar-refractivity contribution is 7.89. The summed E-state index contributed by atoms with van der Waals surface area (Å²) in [5, 5.41) is 10.5. The van der Waals surface area contributed by atoms with Crippen LogP contribution in [0, 0.1) is 0 Å². The quantitative estimate of drug-likeness (QED) is 0.880. The Bertz CT molecular complexity index is 910. The fraction of sp³-hybridized carbons (Fsp3) is 0.250. The van der Waals surface area contributed by atoms with Crippen LogP contribution in [-0.2, 0) is 19.6 Å². The van der Waals surface area contributed by atoms with Gasteiger partial charge in [-0.2, -0.15) is 4.31 Å². The maximum Gasteiger partial charge on any atom is 0.323 e. The van der Waals surface area contributed by atoms with Crippen molar-refractivity contribution in [2.75, 3.05) is 26.2 Å². The summed E-state index contributed by atoms with van der Waals surface area (Å²) < 4.78 is 26.6. The number of hydrogen-bond donors (Lipinski definition) is 1. The molecule has 8 heteroatoms. The molecule has 2 aromatic rings. The van der Waals surface area contributed by atoms with Gasteiger partial charge in [-0.05, 0) is 22.9 Å². The molecule has 0 aromatic heterocycles. The molecule has 0 unspecified atom stereocenters. The lowest BCUT2D eigenvalue weighted by Gasteiger charge is -2.32. The van der Waals surface area contributed by atoms with Gasteiger partial charge in [-0.1, -0.05) is 30.3 Å². The molecule has 126 valence electrons. The van der Waals surface area contributed by atoms with Crippen molar-refractivity contribution < 1.29 is 23.1 Å². The predicted molar refractivity (Wildman–Crippen MR) is 86.9 cm³/mol. The van der Waals surface area contributed by atoms with Gasteiger partial charge < -0.3 is 10.0 Å². The summed E-state index contributed by atoms with van der Waals surface area (Å²) in [4.78, 5) is 24.0. The number of sulfonamides is 1. The Labute approximate surface area is 139 Å². The Morgan fingerprint density at radius 2 is 1.79 bits per heavy atom. The molecule has 7 nitrogen and oxygen atoms in total. The lowest BCUT2D eigenvalue weighted by molar-refractivity contribution is -0.146. The lowest BCUT2D eigenvalue weighted by atomic mass is 10.1. The SMILES string of the molecule is O=C(O)CN1CCN(S(=O)(=O)c2ccc3ccccc3c2)CC1=O. The summed E-state index contributed by atoms with van der Waals surface area (Å²) in [6, 6.07) is 12.2. The second kappa shape index (κ2) is 6.21. The summed E-state index contributed by atoms with van der Waals surface area (Å²) in [5.74, 6) is -1.62. The molecule has 0 radical (unpaired) electrons. The van der Waals surface area contributed by atoms with E-state index in [0.29, 0.717) is 0 Å². The molecule has 0 bridgehead atoms. The summed E-state index contributed by atoms with van der Waals surface area (Å²) in [5.41, 5.74) is 0. The zero-order chi connectivity index (χ0) is 17.3. The molecular formula is C16H16N2O5S. The molecule has 1 N–H and O–H groups in total. The van der Waals surface area contributed by atoms with Gasteiger partial charge >= 0.3 is 5.97 Å². The van der Waals surface area contributed by atoms with Crippen LogP contribution in [0.1, 0.15) is 0 Å². The number of rotatable bonds is 4. The highest BCUT2D eigenvalue weighted by Crippen LogP contribution is 2.23. The first-order chi connectivity index (χ1) is 11.4. The number of aliphatic carboxylic acids is 1. The van der Waals surface area contributed by atoms with Gasteiger partial charge in [0.05, 0.1) is 11.4 Å². The van der Waals surface area contributed by atoms with Gasteiger partial charge in [0.15, 0.2) is 0 Å². The topological polar surface area (TPSA) is 95.0 Å². The van der Waals surface area contributed by atoms with Crippen molar-refractivity contribution in [3.63, 3.8) is 0 Å². The zero-order valence-electron chi connectivity index (χ0n) is 12.8. The van der Waals surface area contributed by atoms with Gasteiger partial charge in [-0.3, -0.25) is 9.59 Å². The van der Waals surface area contributed by atoms with Crippen LogP contribution in [0.25, 0.3) is 10.8 Å². The molecule has 0 atom stereocenters. The van der Waals surface area contributed by atoms with Crippen LogP contribution in [0.15, 0.2) is 47.4 Å². The van der Waals surface area contributed by atoms with Gasteiger partial charge in [0.25, 0.3) is 0 Å². The first-order valence-corrected chi connectivity index (χ1v) is 8.80. The first-order valence-electron chi connectivity index (χ1n) is 7.36. The molecule has 24 heavy (non-hydrogen) atoms. The minimum absolute atomic E-state index is 0.0674. The monoisotopic (exact) mass is 348 g/mol. The Kier molecular flexibility index (Phi) is 4.25. The van der Waals surface area contributed by atoms with Crippen LogP contribution in [0.2, 0.25) is 0 Å². The van der Waals surface area contributed by atoms with E-state index in [0.717, 1.165) is 20.0 Å². The van der Waals surface area contributed by atoms with Crippen molar-refractivity contribution in [2.24, 2.45) is 0 Å². The predicted octanol–water partition coefficient (Wildman–Crippen LogP) is 0.757. The number of carboxylic acid groups (broad SMARTS) is 1. The van der Waals surface area contributed by atoms with E-state index < -0.39 is 28.4 Å². The third kappa shape index (κ3) is 3.10. The van der Waals surface area contributed by atoms with Crippen molar-refractivity contribution in [1.29, 1.82) is 0 Å². The minimum Gasteiger partial charge on any atom is -0.480 e. The number of nitrogens with zero attached hydrogens (tertiary/aromatic N) is 2. The van der Waals surface area contributed by atoms with E-state index in [-0.39, 0.29) is 24.5 Å². The Morgan fingerprint density at radius 1 is 1.08 bits per heavy atom. The van der Waals surface area contributed by atoms with E-state index in [2.05, 4.69) is 0 Å². The summed E-state index contributed by atoms with van der Waals surface area (Å²) in [6.45, 7) is -0.614. The van der Waals surface area contributed by atoms with Gasteiger partial charge in [0.1, 0.15) is 6.54 Å². The second-order valence-electron chi connectivity index (χ2n) is 5.56. The third-order valence-corrected chi connectivity index (χ3v) is 5.81. The molecule has 3 rings (SSSR count). The molecule has 0 saturated carbocycles. The van der Waals surface area contributed by atoms with E-state index in [1.165, 1.54) is 6.07 Å². The summed E-state index contributed by atoms with van der Waals surface area (Å²) in [7, 11) is -3.80. The third-order valence-electron chi connectivity index (χ3n) is 3.97. The normalized spacial score (nSPS) is 16.5. The smallest absolute Gasteiger partial charge is 0.323 e. The molecule has 2 aromatic carbocycles. The standard InChI is InChI=1S/C16H16N2O5S/c19-15-10-18(8-7-17(15)11-16(20)21)24(22,23)14-6-5-12-3-1-2-4-13(12)9-14/h1-6,9H,7-8,10-11H2,(H,20,21). The molecule has 1 fully saturated rings. The molecule has 1 amide bonds. The number of amides is 1. The van der Waals surface area contributed by atoms with Crippen LogP contribution < -0.4 is 0 Å². The maximum atomic E-state index is 12.7. The van der Waals surface area contributed by atoms with E-state index in [9.17, 15) is 18.0 Å². The van der Waals surface area contributed by atoms with Crippen LogP contribution >= 0.6 is 0 Å². The van der Waals surface area contributed by atoms with Gasteiger partial charge in [0, 0.05) is 13.1 Å². The number of benzene rings is 2. The van der Waals surface area contributed by atoms with Gasteiger partial charge in [-0.15, -0.1) is 0 Å². The second-order valence-corrected chi connectivity index (χ2v) is 7.49. The number of carbonyl (C=O) groups excluding carboxylic acids is 1. The van der Waals surface area contributed by atoms with E-state index in [1.807, 2.05) is 24.3 Å². The maximum absolute atomic E-state index is 12.7. The van der Waals surface area contributed by atoms with Crippen LogP contribution in [-0.4, -0.2) is 60.8 Å². The highest BCUT2D eigenvalue weighted by Gasteiger charge is 2.33. The summed E-state index contributed by atoms with van der Waals surface area (Å²) >= 11 is 0. The first kappa shape index (κ1) is 16.4. The van der Waals surface area contributed by atoms with Crippen molar-refractivity contribution in [2.45, 2.75) is 4.90 Å². The van der Waals surface area contributed by atoms with Gasteiger partial charge in [-0.25, -0.2) is 8.42 Å². The average molecular weight is 348 g/mol. The molecule has 1 heterocycles. The van der Waals surface area contributed by atoms with Crippen molar-refractivity contribution in [3.8, 4) is 0 Å². The van der Waals surface area contributed by atoms with Crippen LogP contribution in [0.5, 0.6) is 0 Å². The van der Waals surface area contributed by atoms with E-state index in [1.54, 1.807) is 12.1 Å². The van der Waals surface area contributed by atoms with Crippen molar-refractivity contribution in [3.05, 3.63) is 42.5 Å².